The molecule has 19 heavy (non-hydrogen) atoms. The molecule has 0 aliphatic rings. The highest BCUT2D eigenvalue weighted by Gasteiger charge is 2.08. The van der Waals surface area contributed by atoms with Gasteiger partial charge >= 0.3 is 0 Å². The van der Waals surface area contributed by atoms with Crippen LogP contribution in [0.1, 0.15) is 20.7 Å². The van der Waals surface area contributed by atoms with Crippen molar-refractivity contribution in [2.45, 2.75) is 0 Å². The lowest BCUT2D eigenvalue weighted by atomic mass is 10.2. The number of nitrogens with two attached hydrogens (primary N) is 1. The number of aromatic nitrogens is 1. The third-order valence-corrected chi connectivity index (χ3v) is 2.39. The predicted molar refractivity (Wildman–Crippen MR) is 67.1 cm³/mol. The minimum absolute atomic E-state index is 0.214. The zero-order valence-corrected chi connectivity index (χ0v) is 9.76. The molecule has 0 radical (unpaired) electrons. The average Bonchev–Trinajstić information content (AvgIpc) is 2.39. The minimum atomic E-state index is -0.660. The number of rotatable bonds is 3. The van der Waals surface area contributed by atoms with Crippen molar-refractivity contribution in [3.63, 3.8) is 0 Å². The van der Waals surface area contributed by atoms with E-state index >= 15 is 0 Å². The van der Waals surface area contributed by atoms with E-state index in [0.717, 1.165) is 12.3 Å². The summed E-state index contributed by atoms with van der Waals surface area (Å²) in [6, 6.07) is 8.61. The van der Waals surface area contributed by atoms with Gasteiger partial charge in [0.1, 0.15) is 0 Å². The number of hydrogen-bond donors (Lipinski definition) is 2. The number of hydrogen-bond acceptors (Lipinski definition) is 3. The summed E-state index contributed by atoms with van der Waals surface area (Å²) in [4.78, 5) is 26.2. The number of nitrogens with one attached hydrogen (secondary N) is 1. The van der Waals surface area contributed by atoms with Gasteiger partial charge in [0, 0.05) is 17.4 Å². The lowest BCUT2D eigenvalue weighted by Gasteiger charge is -2.05. The number of carbonyl (C=O) groups excluding carboxylic acids is 2. The van der Waals surface area contributed by atoms with Gasteiger partial charge in [0.2, 0.25) is 11.9 Å². The van der Waals surface area contributed by atoms with Gasteiger partial charge in [-0.15, -0.1) is 0 Å². The van der Waals surface area contributed by atoms with Gasteiger partial charge in [-0.3, -0.25) is 9.59 Å². The first-order chi connectivity index (χ1) is 9.06. The third-order valence-electron chi connectivity index (χ3n) is 2.39. The van der Waals surface area contributed by atoms with E-state index in [4.69, 9.17) is 5.73 Å². The van der Waals surface area contributed by atoms with E-state index in [1.54, 1.807) is 12.1 Å². The first-order valence-electron chi connectivity index (χ1n) is 5.39. The molecule has 96 valence electrons. The molecule has 0 aliphatic heterocycles. The summed E-state index contributed by atoms with van der Waals surface area (Å²) < 4.78 is 12.6. The van der Waals surface area contributed by atoms with E-state index in [-0.39, 0.29) is 11.1 Å². The Bertz CT molecular complexity index is 626. The quantitative estimate of drug-likeness (QED) is 0.820. The molecule has 1 heterocycles. The Balaban J connectivity index is 2.17. The number of amides is 2. The van der Waals surface area contributed by atoms with Gasteiger partial charge in [-0.2, -0.15) is 4.39 Å². The number of halogens is 1. The number of primary amides is 1. The van der Waals surface area contributed by atoms with Crippen LogP contribution in [-0.2, 0) is 0 Å². The molecule has 0 bridgehead atoms. The van der Waals surface area contributed by atoms with E-state index in [1.165, 1.54) is 18.2 Å². The molecule has 2 aromatic rings. The molecule has 0 fully saturated rings. The van der Waals surface area contributed by atoms with Crippen LogP contribution in [0.5, 0.6) is 0 Å². The molecule has 3 N–H and O–H groups in total. The first-order valence-corrected chi connectivity index (χ1v) is 5.39. The second-order valence-electron chi connectivity index (χ2n) is 3.77. The van der Waals surface area contributed by atoms with Crippen LogP contribution in [-0.4, -0.2) is 16.8 Å². The van der Waals surface area contributed by atoms with Crippen molar-refractivity contribution in [1.82, 2.24) is 4.98 Å². The van der Waals surface area contributed by atoms with E-state index in [1.807, 2.05) is 0 Å². The Labute approximate surface area is 108 Å². The number of pyridine rings is 1. The highest BCUT2D eigenvalue weighted by atomic mass is 19.1. The van der Waals surface area contributed by atoms with Gasteiger partial charge < -0.3 is 11.1 Å². The van der Waals surface area contributed by atoms with E-state index in [0.29, 0.717) is 5.69 Å². The van der Waals surface area contributed by atoms with Crippen molar-refractivity contribution >= 4 is 17.5 Å². The summed E-state index contributed by atoms with van der Waals surface area (Å²) in [5.41, 5.74) is 6.06. The summed E-state index contributed by atoms with van der Waals surface area (Å²) in [5.74, 6) is -1.69. The van der Waals surface area contributed by atoms with Crippen LogP contribution in [0.2, 0.25) is 0 Å². The summed E-state index contributed by atoms with van der Waals surface area (Å²) >= 11 is 0. The monoisotopic (exact) mass is 259 g/mol. The van der Waals surface area contributed by atoms with Crippen LogP contribution < -0.4 is 11.1 Å². The van der Waals surface area contributed by atoms with Gasteiger partial charge in [0.05, 0.1) is 5.56 Å². The van der Waals surface area contributed by atoms with E-state index < -0.39 is 17.8 Å². The van der Waals surface area contributed by atoms with Gasteiger partial charge in [0.25, 0.3) is 5.91 Å². The molecule has 2 rings (SSSR count). The normalized spacial score (nSPS) is 9.95. The number of anilines is 1. The maximum atomic E-state index is 12.6. The molecule has 5 nitrogen and oxygen atoms in total. The first kappa shape index (κ1) is 12.7. The smallest absolute Gasteiger partial charge is 0.257 e. The second kappa shape index (κ2) is 5.26. The van der Waals surface area contributed by atoms with Crippen molar-refractivity contribution < 1.29 is 14.0 Å². The zero-order valence-electron chi connectivity index (χ0n) is 9.76. The second-order valence-corrected chi connectivity index (χ2v) is 3.77. The molecule has 0 atom stereocenters. The van der Waals surface area contributed by atoms with Crippen LogP contribution in [0.4, 0.5) is 10.1 Å². The maximum Gasteiger partial charge on any atom is 0.257 e. The highest BCUT2D eigenvalue weighted by molar-refractivity contribution is 6.04. The number of benzene rings is 1. The molecule has 0 spiro atoms. The van der Waals surface area contributed by atoms with Crippen molar-refractivity contribution in [1.29, 1.82) is 0 Å². The SMILES string of the molecule is NC(=O)c1cccc(NC(=O)c2ccc(F)nc2)c1. The summed E-state index contributed by atoms with van der Waals surface area (Å²) in [7, 11) is 0. The Hall–Kier alpha value is -2.76. The van der Waals surface area contributed by atoms with Crippen molar-refractivity contribution in [3.05, 3.63) is 59.7 Å². The van der Waals surface area contributed by atoms with Gasteiger partial charge in [-0.1, -0.05) is 6.07 Å². The highest BCUT2D eigenvalue weighted by Crippen LogP contribution is 2.12. The molecule has 2 amide bonds. The number of nitrogens with zero attached hydrogens (tertiary/aromatic N) is 1. The van der Waals surface area contributed by atoms with Crippen LogP contribution in [0.3, 0.4) is 0 Å². The third kappa shape index (κ3) is 3.12. The largest absolute Gasteiger partial charge is 0.366 e. The predicted octanol–water partition coefficient (Wildman–Crippen LogP) is 1.57. The zero-order chi connectivity index (χ0) is 13.8. The molecule has 0 saturated heterocycles. The fourth-order valence-corrected chi connectivity index (χ4v) is 1.46. The number of carbonyl (C=O) groups is 2. The average molecular weight is 259 g/mol. The fourth-order valence-electron chi connectivity index (χ4n) is 1.46. The van der Waals surface area contributed by atoms with Crippen molar-refractivity contribution in [2.24, 2.45) is 5.73 Å². The topological polar surface area (TPSA) is 85.1 Å². The standard InChI is InChI=1S/C13H10FN3O2/c14-11-5-4-9(7-16-11)13(19)17-10-3-1-2-8(6-10)12(15)18/h1-7H,(H2,15,18)(H,17,19). The van der Waals surface area contributed by atoms with Crippen molar-refractivity contribution in [3.8, 4) is 0 Å². The Morgan fingerprint density at radius 2 is 1.95 bits per heavy atom. The Morgan fingerprint density at radius 1 is 1.16 bits per heavy atom. The molecular weight excluding hydrogens is 249 g/mol. The Morgan fingerprint density at radius 3 is 2.58 bits per heavy atom. The van der Waals surface area contributed by atoms with Crippen LogP contribution in [0.15, 0.2) is 42.6 Å². The summed E-state index contributed by atoms with van der Waals surface area (Å²) in [5, 5.41) is 2.56. The lowest BCUT2D eigenvalue weighted by Crippen LogP contribution is -2.14. The van der Waals surface area contributed by atoms with E-state index in [2.05, 4.69) is 10.3 Å². The molecule has 1 aromatic heterocycles. The summed E-state index contributed by atoms with van der Waals surface area (Å²) in [6.45, 7) is 0. The molecular formula is C13H10FN3O2. The van der Waals surface area contributed by atoms with Gasteiger partial charge in [0.15, 0.2) is 0 Å². The molecule has 1 aromatic carbocycles. The Kier molecular flexibility index (Phi) is 3.51. The van der Waals surface area contributed by atoms with Gasteiger partial charge in [-0.25, -0.2) is 4.98 Å². The van der Waals surface area contributed by atoms with Crippen molar-refractivity contribution in [2.75, 3.05) is 5.32 Å². The van der Waals surface area contributed by atoms with Crippen LogP contribution in [0, 0.1) is 5.95 Å². The fraction of sp³-hybridized carbons (Fsp3) is 0. The molecule has 0 unspecified atom stereocenters. The van der Waals surface area contributed by atoms with Crippen LogP contribution in [0.25, 0.3) is 0 Å². The maximum absolute atomic E-state index is 12.6. The molecule has 6 heteroatoms. The van der Waals surface area contributed by atoms with Gasteiger partial charge in [-0.05, 0) is 30.3 Å². The molecule has 0 aliphatic carbocycles. The minimum Gasteiger partial charge on any atom is -0.366 e. The summed E-state index contributed by atoms with van der Waals surface area (Å²) in [6.07, 6.45) is 1.13. The molecule has 0 saturated carbocycles. The van der Waals surface area contributed by atoms with Crippen LogP contribution >= 0.6 is 0 Å². The lowest BCUT2D eigenvalue weighted by molar-refractivity contribution is 0.0996. The van der Waals surface area contributed by atoms with E-state index in [9.17, 15) is 14.0 Å².